The zero-order valence-corrected chi connectivity index (χ0v) is 18.1. The molecular formula is C20H28N10O2. The van der Waals surface area contributed by atoms with Gasteiger partial charge in [-0.2, -0.15) is 0 Å². The second-order valence-electron chi connectivity index (χ2n) is 7.15. The normalized spacial score (nSPS) is 11.3. The average molecular weight is 441 g/mol. The number of azide groups is 1. The molecule has 4 N–H and O–H groups in total. The van der Waals surface area contributed by atoms with Gasteiger partial charge < -0.3 is 16.4 Å². The fraction of sp³-hybridized carbons (Fsp3) is 0.500. The van der Waals surface area contributed by atoms with E-state index in [1.54, 1.807) is 31.2 Å². The van der Waals surface area contributed by atoms with Crippen LogP contribution in [-0.4, -0.2) is 57.9 Å². The predicted octanol–water partition coefficient (Wildman–Crippen LogP) is 1.21. The van der Waals surface area contributed by atoms with Gasteiger partial charge in [0, 0.05) is 23.6 Å². The van der Waals surface area contributed by atoms with E-state index in [1.165, 1.54) is 0 Å². The Hall–Kier alpha value is -3.63. The third-order valence-corrected chi connectivity index (χ3v) is 4.55. The number of carbonyl (C=O) groups is 2. The van der Waals surface area contributed by atoms with Crippen LogP contribution in [0.2, 0.25) is 0 Å². The van der Waals surface area contributed by atoms with E-state index >= 15 is 0 Å². The van der Waals surface area contributed by atoms with Crippen LogP contribution in [0.3, 0.4) is 0 Å². The summed E-state index contributed by atoms with van der Waals surface area (Å²) in [5.41, 5.74) is 15.4. The van der Waals surface area contributed by atoms with Crippen molar-refractivity contribution in [1.29, 1.82) is 0 Å². The first-order valence-corrected chi connectivity index (χ1v) is 10.4. The molecule has 0 fully saturated rings. The van der Waals surface area contributed by atoms with Crippen molar-refractivity contribution in [1.82, 2.24) is 31.0 Å². The number of rotatable bonds is 13. The fourth-order valence-electron chi connectivity index (χ4n) is 2.89. The fourth-order valence-corrected chi connectivity index (χ4v) is 2.89. The number of aromatic nitrogens is 4. The molecule has 0 bridgehead atoms. The molecule has 1 aromatic heterocycles. The topological polar surface area (TPSA) is 185 Å². The maximum absolute atomic E-state index is 12.6. The van der Waals surface area contributed by atoms with Crippen molar-refractivity contribution in [3.05, 3.63) is 46.1 Å². The van der Waals surface area contributed by atoms with Crippen molar-refractivity contribution in [2.45, 2.75) is 45.1 Å². The Morgan fingerprint density at radius 2 is 1.84 bits per heavy atom. The Labute approximate surface area is 186 Å². The molecule has 170 valence electrons. The zero-order chi connectivity index (χ0) is 23.2. The van der Waals surface area contributed by atoms with Gasteiger partial charge in [-0.15, -0.1) is 20.4 Å². The van der Waals surface area contributed by atoms with E-state index in [1.807, 2.05) is 0 Å². The molecule has 0 unspecified atom stereocenters. The van der Waals surface area contributed by atoms with E-state index in [0.717, 1.165) is 24.0 Å². The molecule has 0 aliphatic rings. The van der Waals surface area contributed by atoms with Crippen LogP contribution in [0.4, 0.5) is 0 Å². The van der Waals surface area contributed by atoms with Crippen LogP contribution < -0.4 is 16.4 Å². The number of nitrogens with two attached hydrogens (primary N) is 1. The number of unbranched alkanes of at least 4 members (excludes halogenated alkanes) is 1. The van der Waals surface area contributed by atoms with Crippen molar-refractivity contribution in [3.8, 4) is 11.4 Å². The number of nitrogens with one attached hydrogen (secondary N) is 2. The molecule has 2 rings (SSSR count). The number of hydrogen-bond acceptors (Lipinski definition) is 8. The van der Waals surface area contributed by atoms with Crippen molar-refractivity contribution in [2.24, 2.45) is 10.8 Å². The summed E-state index contributed by atoms with van der Waals surface area (Å²) in [6.07, 6.45) is 2.64. The molecule has 0 aliphatic heterocycles. The highest BCUT2D eigenvalue weighted by Crippen LogP contribution is 2.14. The number of carbonyl (C=O) groups excluding carboxylic acids is 2. The maximum Gasteiger partial charge on any atom is 0.242 e. The number of aryl methyl sites for hydroxylation is 1. The molecular weight excluding hydrogens is 412 g/mol. The number of amides is 2. The highest BCUT2D eigenvalue weighted by molar-refractivity contribution is 5.88. The van der Waals surface area contributed by atoms with Crippen LogP contribution in [0.5, 0.6) is 0 Å². The molecule has 2 aromatic rings. The second kappa shape index (κ2) is 13.6. The van der Waals surface area contributed by atoms with Crippen LogP contribution in [0, 0.1) is 6.92 Å². The highest BCUT2D eigenvalue weighted by Gasteiger charge is 2.20. The summed E-state index contributed by atoms with van der Waals surface area (Å²) in [4.78, 5) is 27.7. The molecule has 1 atom stereocenters. The van der Waals surface area contributed by atoms with Crippen LogP contribution in [-0.2, 0) is 16.0 Å². The van der Waals surface area contributed by atoms with Crippen molar-refractivity contribution in [2.75, 3.05) is 19.6 Å². The number of benzene rings is 1. The standard InChI is InChI=1S/C20H28N10O2/c1-14-26-28-19(29-27-14)16-8-6-15(7-9-16)13-18(31)25-17(5-2-3-10-21)20(32)23-11-4-12-24-30-22/h6-9,17H,2-5,10-13,21H2,1H3,(H,23,32)(H,25,31)/t17-/m0/s1. The Kier molecular flexibility index (Phi) is 10.5. The van der Waals surface area contributed by atoms with E-state index in [0.29, 0.717) is 44.1 Å². The largest absolute Gasteiger partial charge is 0.354 e. The summed E-state index contributed by atoms with van der Waals surface area (Å²) < 4.78 is 0. The number of hydrogen-bond donors (Lipinski definition) is 3. The molecule has 0 aliphatic carbocycles. The minimum Gasteiger partial charge on any atom is -0.354 e. The minimum absolute atomic E-state index is 0.128. The lowest BCUT2D eigenvalue weighted by Gasteiger charge is -2.18. The first-order valence-electron chi connectivity index (χ1n) is 10.4. The lowest BCUT2D eigenvalue weighted by molar-refractivity contribution is -0.128. The van der Waals surface area contributed by atoms with Crippen LogP contribution in [0.15, 0.2) is 29.4 Å². The zero-order valence-electron chi connectivity index (χ0n) is 18.1. The van der Waals surface area contributed by atoms with E-state index in [4.69, 9.17) is 11.3 Å². The molecule has 0 saturated carbocycles. The van der Waals surface area contributed by atoms with Crippen LogP contribution in [0.1, 0.15) is 37.1 Å². The summed E-state index contributed by atoms with van der Waals surface area (Å²) in [6, 6.07) is 6.55. The quantitative estimate of drug-likeness (QED) is 0.181. The first-order chi connectivity index (χ1) is 15.5. The molecule has 1 aromatic carbocycles. The smallest absolute Gasteiger partial charge is 0.242 e. The van der Waals surface area contributed by atoms with Gasteiger partial charge in [0.25, 0.3) is 0 Å². The van der Waals surface area contributed by atoms with Gasteiger partial charge in [0.1, 0.15) is 6.04 Å². The van der Waals surface area contributed by atoms with E-state index in [-0.39, 0.29) is 18.2 Å². The van der Waals surface area contributed by atoms with Crippen molar-refractivity contribution in [3.63, 3.8) is 0 Å². The maximum atomic E-state index is 12.6. The average Bonchev–Trinajstić information content (AvgIpc) is 2.79. The Balaban J connectivity index is 1.92. The Morgan fingerprint density at radius 3 is 2.50 bits per heavy atom. The van der Waals surface area contributed by atoms with Gasteiger partial charge in [-0.05, 0) is 50.2 Å². The third-order valence-electron chi connectivity index (χ3n) is 4.55. The lowest BCUT2D eigenvalue weighted by Crippen LogP contribution is -2.47. The SMILES string of the molecule is Cc1nnc(-c2ccc(CC(=O)N[C@@H](CCCCN)C(=O)NCCCN=[N+]=[N-])cc2)nn1. The van der Waals surface area contributed by atoms with Gasteiger partial charge in [-0.1, -0.05) is 29.4 Å². The van der Waals surface area contributed by atoms with Crippen molar-refractivity contribution >= 4 is 11.8 Å². The van der Waals surface area contributed by atoms with E-state index < -0.39 is 6.04 Å². The first kappa shape index (κ1) is 24.6. The summed E-state index contributed by atoms with van der Waals surface area (Å²) in [7, 11) is 0. The van der Waals surface area contributed by atoms with Gasteiger partial charge in [0.15, 0.2) is 5.82 Å². The summed E-state index contributed by atoms with van der Waals surface area (Å²) in [5.74, 6) is 0.379. The van der Waals surface area contributed by atoms with Gasteiger partial charge >= 0.3 is 0 Å². The third kappa shape index (κ3) is 8.62. The molecule has 2 amide bonds. The van der Waals surface area contributed by atoms with Gasteiger partial charge in [-0.25, -0.2) is 0 Å². The molecule has 1 heterocycles. The molecule has 32 heavy (non-hydrogen) atoms. The van der Waals surface area contributed by atoms with Gasteiger partial charge in [0.05, 0.1) is 6.42 Å². The molecule has 12 nitrogen and oxygen atoms in total. The van der Waals surface area contributed by atoms with E-state index in [9.17, 15) is 9.59 Å². The van der Waals surface area contributed by atoms with Crippen LogP contribution >= 0.6 is 0 Å². The second-order valence-corrected chi connectivity index (χ2v) is 7.15. The Bertz CT molecular complexity index is 911. The molecule has 12 heteroatoms. The van der Waals surface area contributed by atoms with E-state index in [2.05, 4.69) is 41.1 Å². The number of nitrogens with zero attached hydrogens (tertiary/aromatic N) is 7. The summed E-state index contributed by atoms with van der Waals surface area (Å²) in [5, 5.41) is 24.8. The monoisotopic (exact) mass is 440 g/mol. The summed E-state index contributed by atoms with van der Waals surface area (Å²) >= 11 is 0. The summed E-state index contributed by atoms with van der Waals surface area (Å²) in [6.45, 7) is 2.90. The predicted molar refractivity (Wildman–Crippen MR) is 118 cm³/mol. The Morgan fingerprint density at radius 1 is 1.12 bits per heavy atom. The highest BCUT2D eigenvalue weighted by atomic mass is 16.2. The lowest BCUT2D eigenvalue weighted by atomic mass is 10.1. The van der Waals surface area contributed by atoms with Crippen molar-refractivity contribution < 1.29 is 9.59 Å². The van der Waals surface area contributed by atoms with Gasteiger partial charge in [-0.3, -0.25) is 9.59 Å². The van der Waals surface area contributed by atoms with Crippen LogP contribution in [0.25, 0.3) is 21.8 Å². The molecule has 0 saturated heterocycles. The minimum atomic E-state index is -0.647. The molecule has 0 spiro atoms. The van der Waals surface area contributed by atoms with Gasteiger partial charge in [0.2, 0.25) is 17.6 Å². The molecule has 0 radical (unpaired) electrons.